The molecule has 1 nitrogen and oxygen atoms in total. The second-order valence-corrected chi connectivity index (χ2v) is 6.56. The number of benzene rings is 1. The molecule has 0 saturated heterocycles. The highest BCUT2D eigenvalue weighted by molar-refractivity contribution is 5.34. The lowest BCUT2D eigenvalue weighted by molar-refractivity contribution is 0.237. The van der Waals surface area contributed by atoms with Crippen molar-refractivity contribution in [2.45, 2.75) is 63.3 Å². The smallest absolute Gasteiger partial charge is 0.0167 e. The van der Waals surface area contributed by atoms with Crippen LogP contribution < -0.4 is 5.32 Å². The largest absolute Gasteiger partial charge is 0.313 e. The highest BCUT2D eigenvalue weighted by Gasteiger charge is 2.50. The van der Waals surface area contributed by atoms with Crippen LogP contribution in [0.3, 0.4) is 0 Å². The van der Waals surface area contributed by atoms with E-state index in [0.29, 0.717) is 11.5 Å². The van der Waals surface area contributed by atoms with Gasteiger partial charge in [-0.25, -0.2) is 0 Å². The Kier molecular flexibility index (Phi) is 3.93. The first-order valence-corrected chi connectivity index (χ1v) is 8.14. The second kappa shape index (κ2) is 5.66. The molecule has 2 fully saturated rings. The van der Waals surface area contributed by atoms with E-state index in [9.17, 15) is 0 Å². The Bertz CT molecular complexity index is 389. The fraction of sp³-hybridized carbons (Fsp3) is 0.667. The molecule has 0 aromatic heterocycles. The van der Waals surface area contributed by atoms with Gasteiger partial charge in [-0.2, -0.15) is 0 Å². The summed E-state index contributed by atoms with van der Waals surface area (Å²) in [5.41, 5.74) is 2.04. The zero-order valence-corrected chi connectivity index (χ0v) is 12.2. The predicted octanol–water partition coefficient (Wildman–Crippen LogP) is 4.28. The third-order valence-electron chi connectivity index (χ3n) is 5.24. The van der Waals surface area contributed by atoms with Crippen molar-refractivity contribution in [1.29, 1.82) is 0 Å². The van der Waals surface area contributed by atoms with Gasteiger partial charge in [0.05, 0.1) is 0 Å². The number of rotatable bonds is 7. The highest BCUT2D eigenvalue weighted by atomic mass is 14.9. The molecule has 0 heterocycles. The normalized spacial score (nSPS) is 22.8. The highest BCUT2D eigenvalue weighted by Crippen LogP contribution is 2.53. The molecule has 2 saturated carbocycles. The van der Waals surface area contributed by atoms with Crippen LogP contribution in [0, 0.1) is 5.92 Å². The SMILES string of the molecule is CCCNC(CC1CCC1)C1(c2ccccc2)CC1. The zero-order chi connectivity index (χ0) is 13.1. The monoisotopic (exact) mass is 257 g/mol. The van der Waals surface area contributed by atoms with E-state index in [1.54, 1.807) is 5.56 Å². The summed E-state index contributed by atoms with van der Waals surface area (Å²) in [6, 6.07) is 11.9. The summed E-state index contributed by atoms with van der Waals surface area (Å²) in [5, 5.41) is 3.87. The standard InChI is InChI=1S/C18H27N/c1-2-13-19-17(14-15-7-6-8-15)18(11-12-18)16-9-4-3-5-10-16/h3-5,9-10,15,17,19H,2,6-8,11-14H2,1H3. The minimum Gasteiger partial charge on any atom is -0.313 e. The quantitative estimate of drug-likeness (QED) is 0.769. The molecule has 1 heteroatoms. The summed E-state index contributed by atoms with van der Waals surface area (Å²) < 4.78 is 0. The van der Waals surface area contributed by atoms with Crippen LogP contribution in [-0.4, -0.2) is 12.6 Å². The molecule has 2 aliphatic carbocycles. The summed E-state index contributed by atoms with van der Waals surface area (Å²) in [6.45, 7) is 3.45. The van der Waals surface area contributed by atoms with Gasteiger partial charge in [0.1, 0.15) is 0 Å². The van der Waals surface area contributed by atoms with Gasteiger partial charge >= 0.3 is 0 Å². The molecule has 0 amide bonds. The fourth-order valence-electron chi connectivity index (χ4n) is 3.63. The van der Waals surface area contributed by atoms with E-state index in [0.717, 1.165) is 5.92 Å². The Morgan fingerprint density at radius 3 is 2.47 bits per heavy atom. The van der Waals surface area contributed by atoms with E-state index in [4.69, 9.17) is 0 Å². The van der Waals surface area contributed by atoms with E-state index in [1.807, 2.05) is 0 Å². The molecule has 1 N–H and O–H groups in total. The van der Waals surface area contributed by atoms with Gasteiger partial charge < -0.3 is 5.32 Å². The molecular weight excluding hydrogens is 230 g/mol. The lowest BCUT2D eigenvalue weighted by Crippen LogP contribution is -2.42. The van der Waals surface area contributed by atoms with Gasteiger partial charge in [0.2, 0.25) is 0 Å². The third kappa shape index (κ3) is 2.72. The minimum absolute atomic E-state index is 0.464. The van der Waals surface area contributed by atoms with Gasteiger partial charge in [-0.1, -0.05) is 56.5 Å². The Hall–Kier alpha value is -0.820. The predicted molar refractivity (Wildman–Crippen MR) is 81.4 cm³/mol. The Balaban J connectivity index is 1.73. The van der Waals surface area contributed by atoms with Gasteiger partial charge in [-0.15, -0.1) is 0 Å². The van der Waals surface area contributed by atoms with Crippen molar-refractivity contribution in [3.05, 3.63) is 35.9 Å². The summed E-state index contributed by atoms with van der Waals surface area (Å²) in [7, 11) is 0. The van der Waals surface area contributed by atoms with Crippen molar-refractivity contribution in [1.82, 2.24) is 5.32 Å². The van der Waals surface area contributed by atoms with Crippen molar-refractivity contribution < 1.29 is 0 Å². The maximum atomic E-state index is 3.87. The molecule has 0 bridgehead atoms. The molecule has 1 aromatic carbocycles. The second-order valence-electron chi connectivity index (χ2n) is 6.56. The van der Waals surface area contributed by atoms with Gasteiger partial charge in [0.15, 0.2) is 0 Å². The van der Waals surface area contributed by atoms with E-state index < -0.39 is 0 Å². The Morgan fingerprint density at radius 1 is 1.21 bits per heavy atom. The molecule has 2 aliphatic rings. The number of nitrogens with one attached hydrogen (secondary N) is 1. The Morgan fingerprint density at radius 2 is 1.95 bits per heavy atom. The molecule has 19 heavy (non-hydrogen) atoms. The van der Waals surface area contributed by atoms with Crippen molar-refractivity contribution in [2.24, 2.45) is 5.92 Å². The van der Waals surface area contributed by atoms with Gasteiger partial charge in [-0.05, 0) is 43.7 Å². The molecular formula is C18H27N. The summed E-state index contributed by atoms with van der Waals surface area (Å²) >= 11 is 0. The van der Waals surface area contributed by atoms with Crippen molar-refractivity contribution in [3.63, 3.8) is 0 Å². The van der Waals surface area contributed by atoms with Crippen LogP contribution in [0.4, 0.5) is 0 Å². The molecule has 1 atom stereocenters. The van der Waals surface area contributed by atoms with Crippen LogP contribution in [0.1, 0.15) is 57.4 Å². The van der Waals surface area contributed by atoms with E-state index >= 15 is 0 Å². The van der Waals surface area contributed by atoms with Crippen molar-refractivity contribution >= 4 is 0 Å². The summed E-state index contributed by atoms with van der Waals surface area (Å²) in [5.74, 6) is 0.996. The third-order valence-corrected chi connectivity index (χ3v) is 5.24. The van der Waals surface area contributed by atoms with Gasteiger partial charge in [-0.3, -0.25) is 0 Å². The van der Waals surface area contributed by atoms with Crippen molar-refractivity contribution in [2.75, 3.05) is 6.54 Å². The minimum atomic E-state index is 0.464. The van der Waals surface area contributed by atoms with Crippen LogP contribution in [-0.2, 0) is 5.41 Å². The van der Waals surface area contributed by atoms with E-state index in [-0.39, 0.29) is 0 Å². The average molecular weight is 257 g/mol. The Labute approximate surface area is 117 Å². The first kappa shape index (κ1) is 13.2. The summed E-state index contributed by atoms with van der Waals surface area (Å²) in [6.07, 6.45) is 9.80. The number of hydrogen-bond donors (Lipinski definition) is 1. The first-order chi connectivity index (χ1) is 9.35. The first-order valence-electron chi connectivity index (χ1n) is 8.14. The van der Waals surface area contributed by atoms with E-state index in [1.165, 1.54) is 51.5 Å². The molecule has 104 valence electrons. The van der Waals surface area contributed by atoms with Crippen LogP contribution in [0.5, 0.6) is 0 Å². The fourth-order valence-corrected chi connectivity index (χ4v) is 3.63. The van der Waals surface area contributed by atoms with Crippen LogP contribution in [0.25, 0.3) is 0 Å². The van der Waals surface area contributed by atoms with Gasteiger partial charge in [0.25, 0.3) is 0 Å². The molecule has 3 rings (SSSR count). The lowest BCUT2D eigenvalue weighted by atomic mass is 9.75. The topological polar surface area (TPSA) is 12.0 Å². The summed E-state index contributed by atoms with van der Waals surface area (Å²) in [4.78, 5) is 0. The molecule has 1 aromatic rings. The van der Waals surface area contributed by atoms with Crippen LogP contribution in [0.2, 0.25) is 0 Å². The maximum absolute atomic E-state index is 3.87. The van der Waals surface area contributed by atoms with Crippen LogP contribution >= 0.6 is 0 Å². The molecule has 0 aliphatic heterocycles. The maximum Gasteiger partial charge on any atom is 0.0167 e. The van der Waals surface area contributed by atoms with E-state index in [2.05, 4.69) is 42.6 Å². The van der Waals surface area contributed by atoms with Gasteiger partial charge in [0, 0.05) is 11.5 Å². The molecule has 0 radical (unpaired) electrons. The molecule has 1 unspecified atom stereocenters. The van der Waals surface area contributed by atoms with Crippen molar-refractivity contribution in [3.8, 4) is 0 Å². The zero-order valence-electron chi connectivity index (χ0n) is 12.2. The number of hydrogen-bond acceptors (Lipinski definition) is 1. The van der Waals surface area contributed by atoms with Crippen LogP contribution in [0.15, 0.2) is 30.3 Å². The average Bonchev–Trinajstić information content (AvgIpc) is 3.19. The lowest BCUT2D eigenvalue weighted by Gasteiger charge is -2.35. The molecule has 0 spiro atoms.